The van der Waals surface area contributed by atoms with Crippen LogP contribution in [-0.4, -0.2) is 27.0 Å². The van der Waals surface area contributed by atoms with E-state index in [9.17, 15) is 14.3 Å². The van der Waals surface area contributed by atoms with E-state index in [0.717, 1.165) is 16.8 Å². The number of aliphatic carboxylic acids is 1. The number of nitrogens with zero attached hydrogens (tertiary/aromatic N) is 2. The third-order valence-corrected chi connectivity index (χ3v) is 3.77. The highest BCUT2D eigenvalue weighted by atomic mass is 35.5. The fourth-order valence-corrected chi connectivity index (χ4v) is 2.72. The van der Waals surface area contributed by atoms with Crippen molar-refractivity contribution in [3.63, 3.8) is 0 Å². The average Bonchev–Trinajstić information content (AvgIpc) is 2.47. The fraction of sp³-hybridized carbons (Fsp3) is 0.250. The van der Waals surface area contributed by atoms with Crippen LogP contribution in [0.2, 0.25) is 0 Å². The van der Waals surface area contributed by atoms with Gasteiger partial charge in [-0.2, -0.15) is 0 Å². The number of hydrogen-bond donors (Lipinski definition) is 1. The molecule has 1 aromatic carbocycles. The van der Waals surface area contributed by atoms with Crippen LogP contribution in [-0.2, 0) is 24.3 Å². The normalized spacial score (nSPS) is 17.4. The summed E-state index contributed by atoms with van der Waals surface area (Å²) in [6.45, 7) is 0.856. The van der Waals surface area contributed by atoms with Gasteiger partial charge in [0.2, 0.25) is 0 Å². The molecule has 1 unspecified atom stereocenters. The lowest BCUT2D eigenvalue weighted by Gasteiger charge is -2.34. The number of carbonyl (C=O) groups is 1. The second-order valence-electron chi connectivity index (χ2n) is 5.20. The molecule has 1 atom stereocenters. The Bertz CT molecular complexity index is 666. The van der Waals surface area contributed by atoms with Crippen molar-refractivity contribution in [2.24, 2.45) is 0 Å². The van der Waals surface area contributed by atoms with E-state index < -0.39 is 12.0 Å². The summed E-state index contributed by atoms with van der Waals surface area (Å²) in [7, 11) is 0. The van der Waals surface area contributed by atoms with E-state index in [4.69, 9.17) is 0 Å². The van der Waals surface area contributed by atoms with Crippen molar-refractivity contribution in [2.45, 2.75) is 25.6 Å². The van der Waals surface area contributed by atoms with Crippen molar-refractivity contribution in [1.82, 2.24) is 9.88 Å². The van der Waals surface area contributed by atoms with E-state index in [1.54, 1.807) is 12.3 Å². The molecule has 1 aliphatic rings. The largest absolute Gasteiger partial charge is 0.480 e. The number of carboxylic acid groups (broad SMARTS) is 1. The van der Waals surface area contributed by atoms with Crippen molar-refractivity contribution < 1.29 is 14.3 Å². The topological polar surface area (TPSA) is 53.4 Å². The Kier molecular flexibility index (Phi) is 5.11. The Morgan fingerprint density at radius 1 is 1.32 bits per heavy atom. The first kappa shape index (κ1) is 16.4. The van der Waals surface area contributed by atoms with Crippen LogP contribution in [0, 0.1) is 5.82 Å². The van der Waals surface area contributed by atoms with E-state index in [2.05, 4.69) is 4.98 Å². The van der Waals surface area contributed by atoms with Crippen molar-refractivity contribution >= 4 is 18.4 Å². The predicted octanol–water partition coefficient (Wildman–Crippen LogP) is 2.65. The lowest BCUT2D eigenvalue weighted by atomic mass is 9.93. The minimum atomic E-state index is -0.860. The maximum atomic E-state index is 13.4. The molecule has 116 valence electrons. The molecule has 22 heavy (non-hydrogen) atoms. The highest BCUT2D eigenvalue weighted by molar-refractivity contribution is 5.85. The smallest absolute Gasteiger partial charge is 0.321 e. The molecule has 3 rings (SSSR count). The van der Waals surface area contributed by atoms with Crippen molar-refractivity contribution in [1.29, 1.82) is 0 Å². The van der Waals surface area contributed by atoms with E-state index >= 15 is 0 Å². The van der Waals surface area contributed by atoms with Gasteiger partial charge in [-0.1, -0.05) is 12.1 Å². The van der Waals surface area contributed by atoms with E-state index in [1.165, 1.54) is 12.1 Å². The first-order chi connectivity index (χ1) is 10.1. The molecular weight excluding hydrogens is 307 g/mol. The molecule has 2 aromatic rings. The van der Waals surface area contributed by atoms with Gasteiger partial charge in [0.05, 0.1) is 5.69 Å². The Balaban J connectivity index is 0.00000176. The minimum absolute atomic E-state index is 0. The van der Waals surface area contributed by atoms with E-state index in [-0.39, 0.29) is 18.2 Å². The van der Waals surface area contributed by atoms with Gasteiger partial charge >= 0.3 is 5.97 Å². The number of pyridine rings is 1. The van der Waals surface area contributed by atoms with Crippen LogP contribution in [0.15, 0.2) is 42.6 Å². The van der Waals surface area contributed by atoms with Gasteiger partial charge < -0.3 is 5.11 Å². The molecule has 0 saturated heterocycles. The lowest BCUT2D eigenvalue weighted by Crippen LogP contribution is -2.45. The summed E-state index contributed by atoms with van der Waals surface area (Å²) in [6, 6.07) is 9.49. The van der Waals surface area contributed by atoms with Gasteiger partial charge in [0.1, 0.15) is 11.9 Å². The maximum Gasteiger partial charge on any atom is 0.321 e. The summed E-state index contributed by atoms with van der Waals surface area (Å²) < 4.78 is 13.4. The summed E-state index contributed by atoms with van der Waals surface area (Å²) in [5, 5.41) is 9.43. The van der Waals surface area contributed by atoms with Crippen LogP contribution in [0.4, 0.5) is 4.39 Å². The summed E-state index contributed by atoms with van der Waals surface area (Å²) in [5.41, 5.74) is 2.56. The van der Waals surface area contributed by atoms with Crippen LogP contribution in [0.3, 0.4) is 0 Å². The molecule has 1 N–H and O–H groups in total. The number of carboxylic acids is 1. The van der Waals surface area contributed by atoms with Crippen molar-refractivity contribution in [3.8, 4) is 0 Å². The molecule has 4 nitrogen and oxygen atoms in total. The van der Waals surface area contributed by atoms with Gasteiger partial charge in [-0.15, -0.1) is 12.4 Å². The number of fused-ring (bicyclic) bond motifs is 1. The molecule has 6 heteroatoms. The summed E-state index contributed by atoms with van der Waals surface area (Å²) in [6.07, 6.45) is 2.07. The third-order valence-electron chi connectivity index (χ3n) is 3.77. The highest BCUT2D eigenvalue weighted by Crippen LogP contribution is 2.25. The zero-order chi connectivity index (χ0) is 14.8. The van der Waals surface area contributed by atoms with Gasteiger partial charge in [-0.3, -0.25) is 14.7 Å². The van der Waals surface area contributed by atoms with Gasteiger partial charge in [-0.25, -0.2) is 4.39 Å². The molecule has 0 aliphatic carbocycles. The Hall–Kier alpha value is -1.98. The Morgan fingerprint density at radius 2 is 2.14 bits per heavy atom. The van der Waals surface area contributed by atoms with Gasteiger partial charge in [0.25, 0.3) is 0 Å². The SMILES string of the molecule is Cl.O=C(O)C1Cc2ccc(F)cc2CN1Cc1ccccn1. The zero-order valence-corrected chi connectivity index (χ0v) is 12.6. The first-order valence-electron chi connectivity index (χ1n) is 6.77. The second kappa shape index (κ2) is 6.85. The van der Waals surface area contributed by atoms with Crippen LogP contribution in [0.1, 0.15) is 16.8 Å². The van der Waals surface area contributed by atoms with Crippen LogP contribution < -0.4 is 0 Å². The maximum absolute atomic E-state index is 13.4. The quantitative estimate of drug-likeness (QED) is 0.944. The summed E-state index contributed by atoms with van der Waals surface area (Å²) >= 11 is 0. The Morgan fingerprint density at radius 3 is 2.82 bits per heavy atom. The minimum Gasteiger partial charge on any atom is -0.480 e. The molecule has 1 aromatic heterocycles. The van der Waals surface area contributed by atoms with Gasteiger partial charge in [0, 0.05) is 19.3 Å². The van der Waals surface area contributed by atoms with Gasteiger partial charge in [0.15, 0.2) is 0 Å². The highest BCUT2D eigenvalue weighted by Gasteiger charge is 2.31. The van der Waals surface area contributed by atoms with Gasteiger partial charge in [-0.05, 0) is 41.8 Å². The predicted molar refractivity (Wildman–Crippen MR) is 82.3 cm³/mol. The molecule has 0 amide bonds. The number of rotatable bonds is 3. The Labute approximate surface area is 134 Å². The zero-order valence-electron chi connectivity index (χ0n) is 11.8. The fourth-order valence-electron chi connectivity index (χ4n) is 2.72. The van der Waals surface area contributed by atoms with Crippen LogP contribution in [0.25, 0.3) is 0 Å². The number of halogens is 2. The van der Waals surface area contributed by atoms with Crippen LogP contribution in [0.5, 0.6) is 0 Å². The first-order valence-corrected chi connectivity index (χ1v) is 6.77. The molecule has 1 aliphatic heterocycles. The third kappa shape index (κ3) is 3.43. The van der Waals surface area contributed by atoms with Crippen molar-refractivity contribution in [3.05, 3.63) is 65.2 Å². The average molecular weight is 323 g/mol. The number of aromatic nitrogens is 1. The molecule has 2 heterocycles. The van der Waals surface area contributed by atoms with E-state index in [1.807, 2.05) is 23.1 Å². The standard InChI is InChI=1S/C16H15FN2O2.ClH/c17-13-5-4-11-8-15(16(20)21)19(9-12(11)7-13)10-14-3-1-2-6-18-14;/h1-7,15H,8-10H2,(H,20,21);1H. The molecule has 0 saturated carbocycles. The van der Waals surface area contributed by atoms with E-state index in [0.29, 0.717) is 19.5 Å². The summed E-state index contributed by atoms with van der Waals surface area (Å²) in [5.74, 6) is -1.15. The lowest BCUT2D eigenvalue weighted by molar-refractivity contribution is -0.144. The molecular formula is C16H16ClFN2O2. The molecule has 0 bridgehead atoms. The number of benzene rings is 1. The molecule has 0 fully saturated rings. The summed E-state index contributed by atoms with van der Waals surface area (Å²) in [4.78, 5) is 17.6. The molecule has 0 radical (unpaired) electrons. The van der Waals surface area contributed by atoms with Crippen LogP contribution >= 0.6 is 12.4 Å². The van der Waals surface area contributed by atoms with Crippen molar-refractivity contribution in [2.75, 3.05) is 0 Å². The number of hydrogen-bond acceptors (Lipinski definition) is 3. The second-order valence-corrected chi connectivity index (χ2v) is 5.20. The molecule has 0 spiro atoms. The monoisotopic (exact) mass is 322 g/mol.